The van der Waals surface area contributed by atoms with Gasteiger partial charge in [-0.1, -0.05) is 67.4 Å². The fourth-order valence-corrected chi connectivity index (χ4v) is 5.59. The molecular formula is C31H33ClN2O. The van der Waals surface area contributed by atoms with Gasteiger partial charge in [0.05, 0.1) is 18.7 Å². The molecule has 1 N–H and O–H groups in total. The maximum absolute atomic E-state index is 9.49. The van der Waals surface area contributed by atoms with Crippen LogP contribution in [-0.4, -0.2) is 13.2 Å². The Balaban J connectivity index is 1.62. The van der Waals surface area contributed by atoms with E-state index in [9.17, 15) is 5.26 Å². The van der Waals surface area contributed by atoms with Crippen molar-refractivity contribution < 1.29 is 4.74 Å². The van der Waals surface area contributed by atoms with Crippen LogP contribution in [0.15, 0.2) is 85.1 Å². The molecule has 3 nitrogen and oxygen atoms in total. The predicted molar refractivity (Wildman–Crippen MR) is 144 cm³/mol. The van der Waals surface area contributed by atoms with Crippen molar-refractivity contribution in [1.82, 2.24) is 5.32 Å². The Bertz CT molecular complexity index is 1190. The lowest BCUT2D eigenvalue weighted by Gasteiger charge is -2.37. The first kappa shape index (κ1) is 24.9. The van der Waals surface area contributed by atoms with E-state index in [4.69, 9.17) is 16.3 Å². The Labute approximate surface area is 214 Å². The van der Waals surface area contributed by atoms with E-state index in [0.29, 0.717) is 5.56 Å². The van der Waals surface area contributed by atoms with Crippen LogP contribution >= 0.6 is 11.6 Å². The highest BCUT2D eigenvalue weighted by Crippen LogP contribution is 2.46. The highest BCUT2D eigenvalue weighted by atomic mass is 35.5. The van der Waals surface area contributed by atoms with Crippen LogP contribution in [0.4, 0.5) is 0 Å². The normalized spacial score (nSPS) is 16.2. The van der Waals surface area contributed by atoms with Gasteiger partial charge in [-0.15, -0.1) is 0 Å². The van der Waals surface area contributed by atoms with Crippen molar-refractivity contribution in [3.05, 3.63) is 112 Å². The molecule has 3 aromatic carbocycles. The molecule has 1 aliphatic rings. The van der Waals surface area contributed by atoms with Gasteiger partial charge in [0.1, 0.15) is 5.75 Å². The summed E-state index contributed by atoms with van der Waals surface area (Å²) >= 11 is 6.13. The molecule has 0 amide bonds. The van der Waals surface area contributed by atoms with Crippen LogP contribution in [-0.2, 0) is 11.8 Å². The minimum atomic E-state index is -0.0835. The summed E-state index contributed by atoms with van der Waals surface area (Å²) in [4.78, 5) is 0. The van der Waals surface area contributed by atoms with E-state index in [1.807, 2.05) is 42.5 Å². The van der Waals surface area contributed by atoms with E-state index < -0.39 is 0 Å². The van der Waals surface area contributed by atoms with Crippen molar-refractivity contribution in [3.8, 4) is 11.8 Å². The number of halogens is 1. The second kappa shape index (κ2) is 11.0. The number of nitriles is 1. The fraction of sp³-hybridized carbons (Fsp3) is 0.323. The zero-order valence-corrected chi connectivity index (χ0v) is 21.3. The lowest BCUT2D eigenvalue weighted by molar-refractivity contribution is 0.410. The van der Waals surface area contributed by atoms with E-state index in [-0.39, 0.29) is 17.4 Å². The largest absolute Gasteiger partial charge is 0.497 e. The minimum absolute atomic E-state index is 0.0835. The Hall–Kier alpha value is -3.22. The first-order chi connectivity index (χ1) is 16.9. The summed E-state index contributed by atoms with van der Waals surface area (Å²) in [5, 5.41) is 14.0. The van der Waals surface area contributed by atoms with Gasteiger partial charge in [0.2, 0.25) is 0 Å². The zero-order chi connectivity index (χ0) is 24.8. The van der Waals surface area contributed by atoms with Crippen molar-refractivity contribution >= 4 is 11.6 Å². The molecule has 4 heteroatoms. The molecule has 0 spiro atoms. The quantitative estimate of drug-likeness (QED) is 0.341. The Kier molecular flexibility index (Phi) is 7.83. The maximum atomic E-state index is 9.49. The third-order valence-corrected chi connectivity index (χ3v) is 7.75. The standard InChI is InChI=1S/C31H33ClN2O/c1-22(34-23(2)31(17-4-5-18-31)27-11-15-29(35-3)16-12-27)30(20-24-9-13-28(32)14-10-24)26-8-6-7-25(19-26)21-33/h6-16,19,22,30,34H,2,4-5,17-18,20H2,1,3H3. The third-order valence-electron chi connectivity index (χ3n) is 7.50. The number of nitrogens with zero attached hydrogens (tertiary/aromatic N) is 1. The summed E-state index contributed by atoms with van der Waals surface area (Å²) in [6, 6.07) is 26.9. The van der Waals surface area contributed by atoms with E-state index in [0.717, 1.165) is 41.3 Å². The average Bonchev–Trinajstić information content (AvgIpc) is 3.40. The highest BCUT2D eigenvalue weighted by molar-refractivity contribution is 6.30. The number of allylic oxidation sites excluding steroid dienone is 1. The molecule has 2 unspecified atom stereocenters. The molecule has 0 aliphatic heterocycles. The molecule has 3 aromatic rings. The summed E-state index contributed by atoms with van der Waals surface area (Å²) < 4.78 is 5.38. The van der Waals surface area contributed by atoms with E-state index in [1.165, 1.54) is 24.0 Å². The van der Waals surface area contributed by atoms with Crippen molar-refractivity contribution in [1.29, 1.82) is 5.26 Å². The summed E-state index contributed by atoms with van der Waals surface area (Å²) in [6.45, 7) is 6.81. The molecular weight excluding hydrogens is 452 g/mol. The lowest BCUT2D eigenvalue weighted by Crippen LogP contribution is -2.40. The Morgan fingerprint density at radius 3 is 2.40 bits per heavy atom. The van der Waals surface area contributed by atoms with Crippen LogP contribution in [0.2, 0.25) is 5.02 Å². The smallest absolute Gasteiger partial charge is 0.118 e. The zero-order valence-electron chi connectivity index (χ0n) is 20.6. The summed E-state index contributed by atoms with van der Waals surface area (Å²) in [6.07, 6.45) is 5.40. The molecule has 0 radical (unpaired) electrons. The molecule has 0 heterocycles. The van der Waals surface area contributed by atoms with Crippen LogP contribution in [0.3, 0.4) is 0 Å². The van der Waals surface area contributed by atoms with Gasteiger partial charge in [0.25, 0.3) is 0 Å². The van der Waals surface area contributed by atoms with Crippen LogP contribution < -0.4 is 10.1 Å². The van der Waals surface area contributed by atoms with Gasteiger partial charge in [-0.05, 0) is 79.3 Å². The molecule has 2 atom stereocenters. The van der Waals surface area contributed by atoms with Gasteiger partial charge in [-0.25, -0.2) is 0 Å². The summed E-state index contributed by atoms with van der Waals surface area (Å²) in [7, 11) is 1.70. The molecule has 4 rings (SSSR count). The number of methoxy groups -OCH3 is 1. The SMILES string of the molecule is C=C(NC(C)C(Cc1ccc(Cl)cc1)c1cccc(C#N)c1)C1(c2ccc(OC)cc2)CCCC1. The van der Waals surface area contributed by atoms with Crippen molar-refractivity contribution in [2.45, 2.75) is 56.4 Å². The van der Waals surface area contributed by atoms with Crippen molar-refractivity contribution in [2.75, 3.05) is 7.11 Å². The van der Waals surface area contributed by atoms with Gasteiger partial charge >= 0.3 is 0 Å². The van der Waals surface area contributed by atoms with E-state index in [2.05, 4.69) is 55.2 Å². The Morgan fingerprint density at radius 1 is 1.09 bits per heavy atom. The van der Waals surface area contributed by atoms with Gasteiger partial charge < -0.3 is 10.1 Å². The molecule has 1 aliphatic carbocycles. The first-order valence-electron chi connectivity index (χ1n) is 12.3. The second-order valence-corrected chi connectivity index (χ2v) is 10.0. The van der Waals surface area contributed by atoms with Crippen LogP contribution in [0.5, 0.6) is 5.75 Å². The first-order valence-corrected chi connectivity index (χ1v) is 12.7. The Morgan fingerprint density at radius 2 is 1.77 bits per heavy atom. The number of ether oxygens (including phenoxy) is 1. The monoisotopic (exact) mass is 484 g/mol. The maximum Gasteiger partial charge on any atom is 0.118 e. The fourth-order valence-electron chi connectivity index (χ4n) is 5.46. The molecule has 0 bridgehead atoms. The summed E-state index contributed by atoms with van der Waals surface area (Å²) in [5.74, 6) is 1.03. The van der Waals surface area contributed by atoms with Crippen LogP contribution in [0, 0.1) is 11.3 Å². The molecule has 1 saturated carbocycles. The third kappa shape index (κ3) is 5.55. The molecule has 0 saturated heterocycles. The molecule has 35 heavy (non-hydrogen) atoms. The van der Waals surface area contributed by atoms with Crippen molar-refractivity contribution in [2.24, 2.45) is 0 Å². The van der Waals surface area contributed by atoms with Crippen LogP contribution in [0.25, 0.3) is 0 Å². The van der Waals surface area contributed by atoms with Crippen LogP contribution in [0.1, 0.15) is 60.8 Å². The van der Waals surface area contributed by atoms with Gasteiger partial charge in [0, 0.05) is 28.1 Å². The second-order valence-electron chi connectivity index (χ2n) is 9.60. The molecule has 1 fully saturated rings. The lowest BCUT2D eigenvalue weighted by atomic mass is 9.75. The molecule has 0 aromatic heterocycles. The topological polar surface area (TPSA) is 45.0 Å². The number of benzene rings is 3. The number of nitrogens with one attached hydrogen (secondary N) is 1. The number of hydrogen-bond donors (Lipinski definition) is 1. The van der Waals surface area contributed by atoms with Gasteiger partial charge in [0.15, 0.2) is 0 Å². The number of rotatable bonds is 9. The minimum Gasteiger partial charge on any atom is -0.497 e. The van der Waals surface area contributed by atoms with E-state index in [1.54, 1.807) is 7.11 Å². The van der Waals surface area contributed by atoms with E-state index >= 15 is 0 Å². The molecule has 180 valence electrons. The average molecular weight is 485 g/mol. The highest BCUT2D eigenvalue weighted by Gasteiger charge is 2.39. The van der Waals surface area contributed by atoms with Gasteiger partial charge in [-0.3, -0.25) is 0 Å². The predicted octanol–water partition coefficient (Wildman–Crippen LogP) is 7.55. The summed E-state index contributed by atoms with van der Waals surface area (Å²) in [5.41, 5.74) is 5.33. The van der Waals surface area contributed by atoms with Crippen molar-refractivity contribution in [3.63, 3.8) is 0 Å². The number of hydrogen-bond acceptors (Lipinski definition) is 3. The van der Waals surface area contributed by atoms with Gasteiger partial charge in [-0.2, -0.15) is 5.26 Å².